The highest BCUT2D eigenvalue weighted by molar-refractivity contribution is 6.30. The SMILES string of the molecule is C[C@@H](Nc1n[nH]c(=O)c2cnc(Cl)cc12)c1cccc(C(F)F)c1F. The van der Waals surface area contributed by atoms with E-state index in [0.717, 1.165) is 6.07 Å². The molecule has 1 aromatic carbocycles. The van der Waals surface area contributed by atoms with Crippen molar-refractivity contribution in [2.45, 2.75) is 19.4 Å². The zero-order chi connectivity index (χ0) is 18.1. The van der Waals surface area contributed by atoms with Gasteiger partial charge < -0.3 is 5.32 Å². The Labute approximate surface area is 144 Å². The van der Waals surface area contributed by atoms with Gasteiger partial charge in [-0.1, -0.05) is 29.8 Å². The lowest BCUT2D eigenvalue weighted by molar-refractivity contribution is 0.146. The quantitative estimate of drug-likeness (QED) is 0.676. The number of rotatable bonds is 4. The summed E-state index contributed by atoms with van der Waals surface area (Å²) in [5.74, 6) is -0.751. The molecular weight excluding hydrogens is 357 g/mol. The predicted molar refractivity (Wildman–Crippen MR) is 88.6 cm³/mol. The first-order valence-electron chi connectivity index (χ1n) is 7.25. The van der Waals surface area contributed by atoms with Crippen molar-refractivity contribution in [2.24, 2.45) is 0 Å². The van der Waals surface area contributed by atoms with Gasteiger partial charge in [0.15, 0.2) is 5.82 Å². The van der Waals surface area contributed by atoms with E-state index in [4.69, 9.17) is 11.6 Å². The Morgan fingerprint density at radius 2 is 1.96 bits per heavy atom. The highest BCUT2D eigenvalue weighted by Crippen LogP contribution is 2.29. The molecule has 5 nitrogen and oxygen atoms in total. The number of aromatic nitrogens is 3. The molecule has 2 heterocycles. The van der Waals surface area contributed by atoms with Gasteiger partial charge in [0, 0.05) is 17.1 Å². The number of benzene rings is 1. The van der Waals surface area contributed by atoms with Crippen LogP contribution in [0, 0.1) is 5.82 Å². The molecule has 2 aromatic heterocycles. The number of alkyl halides is 2. The summed E-state index contributed by atoms with van der Waals surface area (Å²) in [7, 11) is 0. The molecule has 3 rings (SSSR count). The lowest BCUT2D eigenvalue weighted by Gasteiger charge is -2.18. The minimum atomic E-state index is -2.91. The van der Waals surface area contributed by atoms with Gasteiger partial charge >= 0.3 is 0 Å². The highest BCUT2D eigenvalue weighted by Gasteiger charge is 2.20. The topological polar surface area (TPSA) is 70.7 Å². The summed E-state index contributed by atoms with van der Waals surface area (Å²) in [6.45, 7) is 1.59. The molecular formula is C16H12ClF3N4O. The summed E-state index contributed by atoms with van der Waals surface area (Å²) in [5, 5.41) is 9.89. The number of hydrogen-bond acceptors (Lipinski definition) is 4. The van der Waals surface area contributed by atoms with Gasteiger partial charge in [-0.3, -0.25) is 4.79 Å². The van der Waals surface area contributed by atoms with Gasteiger partial charge in [0.05, 0.1) is 17.0 Å². The summed E-state index contributed by atoms with van der Waals surface area (Å²) in [4.78, 5) is 15.6. The Hall–Kier alpha value is -2.61. The van der Waals surface area contributed by atoms with Gasteiger partial charge in [0.1, 0.15) is 11.0 Å². The maximum Gasteiger partial charge on any atom is 0.273 e. The average Bonchev–Trinajstić information content (AvgIpc) is 2.57. The Balaban J connectivity index is 2.02. The molecule has 0 spiro atoms. The third kappa shape index (κ3) is 3.30. The van der Waals surface area contributed by atoms with Crippen LogP contribution in [0.3, 0.4) is 0 Å². The summed E-state index contributed by atoms with van der Waals surface area (Å²) >= 11 is 5.86. The standard InChI is InChI=1S/C16H12ClF3N4O/c1-7(8-3-2-4-9(13(8)18)14(19)20)22-15-10-5-12(17)21-6-11(10)16(25)24-23-15/h2-7,14H,1H3,(H,22,23)(H,24,25)/t7-/m1/s1. The van der Waals surface area contributed by atoms with Crippen LogP contribution in [0.15, 0.2) is 35.3 Å². The van der Waals surface area contributed by atoms with Crippen LogP contribution in [-0.4, -0.2) is 15.2 Å². The van der Waals surface area contributed by atoms with E-state index in [9.17, 15) is 18.0 Å². The first kappa shape index (κ1) is 17.2. The lowest BCUT2D eigenvalue weighted by atomic mass is 10.0. The van der Waals surface area contributed by atoms with Crippen LogP contribution in [0.1, 0.15) is 30.5 Å². The van der Waals surface area contributed by atoms with Gasteiger partial charge in [0.25, 0.3) is 12.0 Å². The van der Waals surface area contributed by atoms with Gasteiger partial charge in [-0.25, -0.2) is 23.3 Å². The molecule has 3 aromatic rings. The summed E-state index contributed by atoms with van der Waals surface area (Å²) in [6, 6.07) is 4.56. The molecule has 130 valence electrons. The van der Waals surface area contributed by atoms with Gasteiger partial charge in [0.2, 0.25) is 0 Å². The van der Waals surface area contributed by atoms with E-state index in [0.29, 0.717) is 5.39 Å². The second-order valence-corrected chi connectivity index (χ2v) is 5.76. The number of nitrogens with zero attached hydrogens (tertiary/aromatic N) is 2. The zero-order valence-corrected chi connectivity index (χ0v) is 13.6. The van der Waals surface area contributed by atoms with Crippen molar-refractivity contribution in [3.63, 3.8) is 0 Å². The molecule has 25 heavy (non-hydrogen) atoms. The molecule has 0 fully saturated rings. The number of anilines is 1. The fourth-order valence-electron chi connectivity index (χ4n) is 2.50. The number of hydrogen-bond donors (Lipinski definition) is 2. The Morgan fingerprint density at radius 3 is 2.68 bits per heavy atom. The van der Waals surface area contributed by atoms with Crippen molar-refractivity contribution >= 4 is 28.2 Å². The zero-order valence-electron chi connectivity index (χ0n) is 12.9. The number of nitrogens with one attached hydrogen (secondary N) is 2. The highest BCUT2D eigenvalue weighted by atomic mass is 35.5. The van der Waals surface area contributed by atoms with E-state index < -0.39 is 29.4 Å². The first-order chi connectivity index (χ1) is 11.9. The molecule has 0 aliphatic rings. The van der Waals surface area contributed by atoms with Crippen molar-refractivity contribution < 1.29 is 13.2 Å². The van der Waals surface area contributed by atoms with Crippen LogP contribution in [0.4, 0.5) is 19.0 Å². The monoisotopic (exact) mass is 368 g/mol. The maximum absolute atomic E-state index is 14.3. The minimum Gasteiger partial charge on any atom is -0.361 e. The third-order valence-electron chi connectivity index (χ3n) is 3.75. The van der Waals surface area contributed by atoms with Crippen molar-refractivity contribution in [3.8, 4) is 0 Å². The van der Waals surface area contributed by atoms with Crippen LogP contribution in [0.25, 0.3) is 10.8 Å². The molecule has 0 amide bonds. The van der Waals surface area contributed by atoms with Gasteiger partial charge in [-0.2, -0.15) is 5.10 Å². The second-order valence-electron chi connectivity index (χ2n) is 5.37. The van der Waals surface area contributed by atoms with E-state index in [1.807, 2.05) is 0 Å². The largest absolute Gasteiger partial charge is 0.361 e. The smallest absolute Gasteiger partial charge is 0.273 e. The predicted octanol–water partition coefficient (Wildman–Crippen LogP) is 4.22. The molecule has 0 aliphatic heterocycles. The Bertz CT molecular complexity index is 993. The van der Waals surface area contributed by atoms with Crippen molar-refractivity contribution in [2.75, 3.05) is 5.32 Å². The Kier molecular flexibility index (Phi) is 4.63. The summed E-state index contributed by atoms with van der Waals surface area (Å²) < 4.78 is 40.0. The maximum atomic E-state index is 14.3. The van der Waals surface area contributed by atoms with E-state index >= 15 is 0 Å². The number of pyridine rings is 1. The molecule has 1 atom stereocenters. The van der Waals surface area contributed by atoms with Gasteiger partial charge in [-0.15, -0.1) is 0 Å². The van der Waals surface area contributed by atoms with Crippen LogP contribution in [-0.2, 0) is 0 Å². The molecule has 0 unspecified atom stereocenters. The number of aromatic amines is 1. The number of H-pyrrole nitrogens is 1. The van der Waals surface area contributed by atoms with Crippen LogP contribution in [0.2, 0.25) is 5.15 Å². The third-order valence-corrected chi connectivity index (χ3v) is 3.96. The molecule has 0 saturated heterocycles. The fraction of sp³-hybridized carbons (Fsp3) is 0.188. The van der Waals surface area contributed by atoms with E-state index in [2.05, 4.69) is 20.5 Å². The number of fused-ring (bicyclic) bond motifs is 1. The van der Waals surface area contributed by atoms with Crippen LogP contribution in [0.5, 0.6) is 0 Å². The molecule has 0 aliphatic carbocycles. The fourth-order valence-corrected chi connectivity index (χ4v) is 2.66. The van der Waals surface area contributed by atoms with Gasteiger partial charge in [-0.05, 0) is 13.0 Å². The Morgan fingerprint density at radius 1 is 1.24 bits per heavy atom. The molecule has 0 radical (unpaired) electrons. The van der Waals surface area contributed by atoms with Crippen molar-refractivity contribution in [1.29, 1.82) is 0 Å². The number of halogens is 4. The molecule has 0 bridgehead atoms. The minimum absolute atomic E-state index is 0.0547. The van der Waals surface area contributed by atoms with Crippen molar-refractivity contribution in [3.05, 3.63) is 62.9 Å². The first-order valence-corrected chi connectivity index (χ1v) is 7.63. The molecule has 2 N–H and O–H groups in total. The molecule has 0 saturated carbocycles. The molecule has 9 heteroatoms. The lowest BCUT2D eigenvalue weighted by Crippen LogP contribution is -2.16. The van der Waals surface area contributed by atoms with Crippen LogP contribution < -0.4 is 10.9 Å². The van der Waals surface area contributed by atoms with E-state index in [-0.39, 0.29) is 21.9 Å². The second kappa shape index (κ2) is 6.72. The summed E-state index contributed by atoms with van der Waals surface area (Å²) in [6.07, 6.45) is -1.62. The van der Waals surface area contributed by atoms with Crippen molar-refractivity contribution in [1.82, 2.24) is 15.2 Å². The average molecular weight is 369 g/mol. The van der Waals surface area contributed by atoms with Crippen LogP contribution >= 0.6 is 11.6 Å². The summed E-state index contributed by atoms with van der Waals surface area (Å²) in [5.41, 5.74) is -1.07. The van der Waals surface area contributed by atoms with E-state index in [1.54, 1.807) is 6.92 Å². The van der Waals surface area contributed by atoms with E-state index in [1.165, 1.54) is 24.4 Å². The normalized spacial score (nSPS) is 12.6.